The molecule has 0 radical (unpaired) electrons. The largest absolute Gasteiger partial charge is 0.359 e. The number of rotatable bonds is 4. The Morgan fingerprint density at radius 1 is 1.50 bits per heavy atom. The minimum Gasteiger partial charge on any atom is -0.359 e. The molecule has 0 fully saturated rings. The van der Waals surface area contributed by atoms with Crippen molar-refractivity contribution in [1.29, 1.82) is 0 Å². The van der Waals surface area contributed by atoms with Gasteiger partial charge in [0.25, 0.3) is 0 Å². The van der Waals surface area contributed by atoms with E-state index >= 15 is 0 Å². The van der Waals surface area contributed by atoms with Crippen molar-refractivity contribution in [1.82, 2.24) is 9.78 Å². The molecular formula is C12H14N4O2. The Balaban J connectivity index is 2.13. The van der Waals surface area contributed by atoms with E-state index in [0.29, 0.717) is 12.4 Å². The summed E-state index contributed by atoms with van der Waals surface area (Å²) in [7, 11) is 1.66. The van der Waals surface area contributed by atoms with Gasteiger partial charge in [-0.3, -0.25) is 14.8 Å². The van der Waals surface area contributed by atoms with E-state index in [0.717, 1.165) is 11.1 Å². The van der Waals surface area contributed by atoms with Crippen molar-refractivity contribution >= 4 is 11.5 Å². The van der Waals surface area contributed by atoms with Crippen molar-refractivity contribution in [3.8, 4) is 0 Å². The summed E-state index contributed by atoms with van der Waals surface area (Å²) >= 11 is 0. The third-order valence-corrected chi connectivity index (χ3v) is 2.55. The quantitative estimate of drug-likeness (QED) is 0.663. The molecule has 0 atom stereocenters. The summed E-state index contributed by atoms with van der Waals surface area (Å²) in [5, 5.41) is 17.8. The molecule has 0 aliphatic carbocycles. The van der Waals surface area contributed by atoms with Crippen LogP contribution in [-0.2, 0) is 13.6 Å². The minimum atomic E-state index is -0.439. The van der Waals surface area contributed by atoms with Crippen molar-refractivity contribution in [2.75, 3.05) is 5.32 Å². The van der Waals surface area contributed by atoms with Gasteiger partial charge in [0.15, 0.2) is 0 Å². The lowest BCUT2D eigenvalue weighted by molar-refractivity contribution is -0.384. The number of nitro groups is 1. The van der Waals surface area contributed by atoms with Crippen LogP contribution < -0.4 is 5.32 Å². The first-order valence-corrected chi connectivity index (χ1v) is 5.53. The van der Waals surface area contributed by atoms with Crippen LogP contribution in [0, 0.1) is 17.0 Å². The molecule has 0 saturated heterocycles. The van der Waals surface area contributed by atoms with Crippen LogP contribution in [0.5, 0.6) is 0 Å². The number of anilines is 1. The van der Waals surface area contributed by atoms with Crippen molar-refractivity contribution in [3.05, 3.63) is 51.7 Å². The summed E-state index contributed by atoms with van der Waals surface area (Å²) in [6.45, 7) is 2.52. The van der Waals surface area contributed by atoms with Crippen molar-refractivity contribution in [2.45, 2.75) is 13.5 Å². The van der Waals surface area contributed by atoms with Crippen LogP contribution in [0.4, 0.5) is 11.5 Å². The fraction of sp³-hybridized carbons (Fsp3) is 0.250. The molecule has 1 N–H and O–H groups in total. The molecular weight excluding hydrogens is 232 g/mol. The summed E-state index contributed by atoms with van der Waals surface area (Å²) in [6.07, 6.45) is 1.39. The van der Waals surface area contributed by atoms with Gasteiger partial charge in [0.1, 0.15) is 6.20 Å². The van der Waals surface area contributed by atoms with Gasteiger partial charge in [-0.2, -0.15) is 0 Å². The normalized spacial score (nSPS) is 10.3. The fourth-order valence-electron chi connectivity index (χ4n) is 1.74. The van der Waals surface area contributed by atoms with Crippen LogP contribution in [0.3, 0.4) is 0 Å². The molecule has 2 aromatic rings. The summed E-state index contributed by atoms with van der Waals surface area (Å²) in [5.41, 5.74) is 2.21. The molecule has 18 heavy (non-hydrogen) atoms. The number of hydrogen-bond donors (Lipinski definition) is 1. The molecule has 6 nitrogen and oxygen atoms in total. The zero-order valence-corrected chi connectivity index (χ0v) is 10.3. The van der Waals surface area contributed by atoms with E-state index in [-0.39, 0.29) is 5.69 Å². The Morgan fingerprint density at radius 2 is 2.28 bits per heavy atom. The smallest absolute Gasteiger partial charge is 0.330 e. The second-order valence-corrected chi connectivity index (χ2v) is 4.14. The van der Waals surface area contributed by atoms with Gasteiger partial charge in [0, 0.05) is 13.6 Å². The number of benzene rings is 1. The molecule has 1 aromatic heterocycles. The van der Waals surface area contributed by atoms with Crippen LogP contribution in [-0.4, -0.2) is 14.7 Å². The molecule has 94 valence electrons. The zero-order chi connectivity index (χ0) is 13.1. The lowest BCUT2D eigenvalue weighted by Gasteiger charge is -2.03. The van der Waals surface area contributed by atoms with E-state index < -0.39 is 4.92 Å². The van der Waals surface area contributed by atoms with Crippen LogP contribution in [0.15, 0.2) is 30.5 Å². The van der Waals surface area contributed by atoms with Crippen molar-refractivity contribution < 1.29 is 4.92 Å². The highest BCUT2D eigenvalue weighted by atomic mass is 16.6. The van der Waals surface area contributed by atoms with E-state index in [9.17, 15) is 10.1 Å². The minimum absolute atomic E-state index is 0.00912. The fourth-order valence-corrected chi connectivity index (χ4v) is 1.74. The first-order valence-electron chi connectivity index (χ1n) is 5.53. The van der Waals surface area contributed by atoms with E-state index in [4.69, 9.17) is 0 Å². The average molecular weight is 246 g/mol. The highest BCUT2D eigenvalue weighted by Gasteiger charge is 2.17. The Bertz CT molecular complexity index is 577. The van der Waals surface area contributed by atoms with Gasteiger partial charge >= 0.3 is 5.69 Å². The summed E-state index contributed by atoms with van der Waals surface area (Å²) < 4.78 is 1.43. The molecule has 0 unspecified atom stereocenters. The first kappa shape index (κ1) is 12.1. The van der Waals surface area contributed by atoms with E-state index in [1.165, 1.54) is 10.9 Å². The standard InChI is InChI=1S/C12H14N4O2/c1-9-4-3-5-10(6-9)7-13-12-11(16(17)18)8-15(2)14-12/h3-6,8H,7H2,1-2H3,(H,13,14). The van der Waals surface area contributed by atoms with Crippen LogP contribution in [0.25, 0.3) is 0 Å². The molecule has 1 heterocycles. The molecule has 0 saturated carbocycles. The van der Waals surface area contributed by atoms with E-state index in [1.54, 1.807) is 7.05 Å². The number of hydrogen-bond acceptors (Lipinski definition) is 4. The zero-order valence-electron chi connectivity index (χ0n) is 10.3. The van der Waals surface area contributed by atoms with Crippen LogP contribution in [0.1, 0.15) is 11.1 Å². The predicted octanol–water partition coefficient (Wildman–Crippen LogP) is 2.25. The topological polar surface area (TPSA) is 73.0 Å². The monoisotopic (exact) mass is 246 g/mol. The maximum absolute atomic E-state index is 10.8. The van der Waals surface area contributed by atoms with E-state index in [1.807, 2.05) is 31.2 Å². The Hall–Kier alpha value is -2.37. The SMILES string of the molecule is Cc1cccc(CNc2nn(C)cc2[N+](=O)[O-])c1. The van der Waals surface area contributed by atoms with Gasteiger partial charge in [0.2, 0.25) is 5.82 Å². The van der Waals surface area contributed by atoms with Gasteiger partial charge in [-0.1, -0.05) is 29.8 Å². The number of aromatic nitrogens is 2. The molecule has 0 bridgehead atoms. The highest BCUT2D eigenvalue weighted by molar-refractivity contribution is 5.54. The van der Waals surface area contributed by atoms with Gasteiger partial charge in [-0.05, 0) is 12.5 Å². The lowest BCUT2D eigenvalue weighted by atomic mass is 10.1. The Labute approximate surface area is 104 Å². The molecule has 0 amide bonds. The predicted molar refractivity (Wildman–Crippen MR) is 68.4 cm³/mol. The number of nitrogens with one attached hydrogen (secondary N) is 1. The molecule has 0 aliphatic rings. The van der Waals surface area contributed by atoms with Crippen molar-refractivity contribution in [2.24, 2.45) is 7.05 Å². The summed E-state index contributed by atoms with van der Waals surface area (Å²) in [6, 6.07) is 7.96. The van der Waals surface area contributed by atoms with Crippen LogP contribution in [0.2, 0.25) is 0 Å². The molecule has 0 aliphatic heterocycles. The number of aryl methyl sites for hydroxylation is 2. The third-order valence-electron chi connectivity index (χ3n) is 2.55. The van der Waals surface area contributed by atoms with E-state index in [2.05, 4.69) is 10.4 Å². The van der Waals surface area contributed by atoms with Gasteiger partial charge < -0.3 is 5.32 Å². The molecule has 1 aromatic carbocycles. The second-order valence-electron chi connectivity index (χ2n) is 4.14. The third kappa shape index (κ3) is 2.65. The second kappa shape index (κ2) is 4.87. The highest BCUT2D eigenvalue weighted by Crippen LogP contribution is 2.22. The maximum Gasteiger partial charge on any atom is 0.330 e. The van der Waals surface area contributed by atoms with Crippen molar-refractivity contribution in [3.63, 3.8) is 0 Å². The lowest BCUT2D eigenvalue weighted by Crippen LogP contribution is -2.02. The Kier molecular flexibility index (Phi) is 3.27. The molecule has 6 heteroatoms. The molecule has 2 rings (SSSR count). The average Bonchev–Trinajstić information content (AvgIpc) is 2.68. The van der Waals surface area contributed by atoms with Gasteiger partial charge in [-0.25, -0.2) is 0 Å². The van der Waals surface area contributed by atoms with Crippen LogP contribution >= 0.6 is 0 Å². The summed E-state index contributed by atoms with van der Waals surface area (Å²) in [4.78, 5) is 10.4. The maximum atomic E-state index is 10.8. The van der Waals surface area contributed by atoms with Gasteiger partial charge in [0.05, 0.1) is 4.92 Å². The summed E-state index contributed by atoms with van der Waals surface area (Å²) in [5.74, 6) is 0.295. The molecule has 0 spiro atoms. The Morgan fingerprint density at radius 3 is 2.94 bits per heavy atom. The van der Waals surface area contributed by atoms with Gasteiger partial charge in [-0.15, -0.1) is 5.10 Å². The first-order chi connectivity index (χ1) is 8.56. The number of nitrogens with zero attached hydrogens (tertiary/aromatic N) is 3.